The molecule has 0 aliphatic heterocycles. The number of allylic oxidation sites excluding steroid dienone is 1. The summed E-state index contributed by atoms with van der Waals surface area (Å²) in [6.07, 6.45) is 7.36. The molecule has 1 N–H and O–H groups in total. The number of hydrogen-bond donors (Lipinski definition) is 1. The molecular formula is C13H24O. The molecule has 82 valence electrons. The summed E-state index contributed by atoms with van der Waals surface area (Å²) in [4.78, 5) is 0. The van der Waals surface area contributed by atoms with E-state index in [2.05, 4.69) is 20.8 Å². The van der Waals surface area contributed by atoms with Gasteiger partial charge < -0.3 is 5.11 Å². The van der Waals surface area contributed by atoms with Crippen LogP contribution in [0.1, 0.15) is 47.0 Å². The highest BCUT2D eigenvalue weighted by atomic mass is 16.3. The SMILES string of the molecule is C/C=C/[C@]1(O)C[C@H](C)CC[C@H]1C(C)C. The van der Waals surface area contributed by atoms with E-state index in [4.69, 9.17) is 0 Å². The molecule has 0 bridgehead atoms. The predicted molar refractivity (Wildman–Crippen MR) is 61.1 cm³/mol. The van der Waals surface area contributed by atoms with Crippen molar-refractivity contribution in [2.45, 2.75) is 52.6 Å². The molecule has 0 spiro atoms. The Morgan fingerprint density at radius 1 is 1.36 bits per heavy atom. The molecule has 0 saturated heterocycles. The fourth-order valence-corrected chi connectivity index (χ4v) is 2.92. The molecule has 1 heteroatoms. The van der Waals surface area contributed by atoms with E-state index < -0.39 is 5.60 Å². The van der Waals surface area contributed by atoms with Crippen molar-refractivity contribution >= 4 is 0 Å². The molecule has 1 aliphatic rings. The number of rotatable bonds is 2. The molecule has 0 aromatic carbocycles. The second kappa shape index (κ2) is 4.48. The van der Waals surface area contributed by atoms with Gasteiger partial charge in [0.2, 0.25) is 0 Å². The molecule has 0 heterocycles. The standard InChI is InChI=1S/C13H24O/c1-5-8-13(14)9-11(4)6-7-12(13)10(2)3/h5,8,10-12,14H,6-7,9H2,1-4H3/b8-5+/t11-,12+,13+/m1/s1. The zero-order valence-corrected chi connectivity index (χ0v) is 9.96. The van der Waals surface area contributed by atoms with Crippen molar-refractivity contribution in [3.05, 3.63) is 12.2 Å². The maximum absolute atomic E-state index is 10.6. The van der Waals surface area contributed by atoms with Gasteiger partial charge in [0.05, 0.1) is 5.60 Å². The van der Waals surface area contributed by atoms with Crippen molar-refractivity contribution < 1.29 is 5.11 Å². The van der Waals surface area contributed by atoms with Crippen LogP contribution in [0.15, 0.2) is 12.2 Å². The largest absolute Gasteiger partial charge is 0.385 e. The van der Waals surface area contributed by atoms with Crippen molar-refractivity contribution in [3.8, 4) is 0 Å². The highest BCUT2D eigenvalue weighted by Gasteiger charge is 2.40. The van der Waals surface area contributed by atoms with Crippen LogP contribution >= 0.6 is 0 Å². The van der Waals surface area contributed by atoms with Gasteiger partial charge in [-0.15, -0.1) is 0 Å². The van der Waals surface area contributed by atoms with Crippen LogP contribution in [-0.4, -0.2) is 10.7 Å². The van der Waals surface area contributed by atoms with E-state index in [1.807, 2.05) is 19.1 Å². The maximum atomic E-state index is 10.6. The van der Waals surface area contributed by atoms with Crippen LogP contribution in [0.25, 0.3) is 0 Å². The van der Waals surface area contributed by atoms with E-state index in [1.54, 1.807) is 0 Å². The van der Waals surface area contributed by atoms with E-state index in [0.717, 1.165) is 6.42 Å². The topological polar surface area (TPSA) is 20.2 Å². The molecule has 0 unspecified atom stereocenters. The Morgan fingerprint density at radius 2 is 2.00 bits per heavy atom. The fraction of sp³-hybridized carbons (Fsp3) is 0.846. The Kier molecular flexibility index (Phi) is 3.77. The summed E-state index contributed by atoms with van der Waals surface area (Å²) < 4.78 is 0. The molecule has 1 fully saturated rings. The second-order valence-electron chi connectivity index (χ2n) is 5.23. The molecule has 1 aliphatic carbocycles. The van der Waals surface area contributed by atoms with Crippen LogP contribution < -0.4 is 0 Å². The molecule has 0 aromatic rings. The lowest BCUT2D eigenvalue weighted by atomic mass is 9.67. The van der Waals surface area contributed by atoms with Crippen LogP contribution in [0, 0.1) is 17.8 Å². The minimum Gasteiger partial charge on any atom is -0.385 e. The van der Waals surface area contributed by atoms with Gasteiger partial charge >= 0.3 is 0 Å². The Balaban J connectivity index is 2.82. The summed E-state index contributed by atoms with van der Waals surface area (Å²) in [6, 6.07) is 0. The Bertz CT molecular complexity index is 207. The minimum atomic E-state index is -0.541. The smallest absolute Gasteiger partial charge is 0.0860 e. The number of aliphatic hydroxyl groups is 1. The summed E-state index contributed by atoms with van der Waals surface area (Å²) in [5.41, 5.74) is -0.541. The van der Waals surface area contributed by atoms with E-state index in [1.165, 1.54) is 12.8 Å². The minimum absolute atomic E-state index is 0.440. The van der Waals surface area contributed by atoms with Crippen LogP contribution in [0.4, 0.5) is 0 Å². The van der Waals surface area contributed by atoms with Gasteiger partial charge in [-0.2, -0.15) is 0 Å². The van der Waals surface area contributed by atoms with Gasteiger partial charge in [0.25, 0.3) is 0 Å². The van der Waals surface area contributed by atoms with Gasteiger partial charge in [0, 0.05) is 0 Å². The number of hydrogen-bond acceptors (Lipinski definition) is 1. The van der Waals surface area contributed by atoms with E-state index in [9.17, 15) is 5.11 Å². The first-order valence-corrected chi connectivity index (χ1v) is 5.86. The second-order valence-corrected chi connectivity index (χ2v) is 5.23. The van der Waals surface area contributed by atoms with Gasteiger partial charge in [-0.1, -0.05) is 39.3 Å². The monoisotopic (exact) mass is 196 g/mol. The quantitative estimate of drug-likeness (QED) is 0.671. The molecule has 1 rings (SSSR count). The third-order valence-corrected chi connectivity index (χ3v) is 3.55. The molecule has 1 saturated carbocycles. The maximum Gasteiger partial charge on any atom is 0.0860 e. The molecule has 0 aromatic heterocycles. The Labute approximate surface area is 88.2 Å². The molecule has 3 atom stereocenters. The van der Waals surface area contributed by atoms with Gasteiger partial charge in [-0.25, -0.2) is 0 Å². The highest BCUT2D eigenvalue weighted by Crippen LogP contribution is 2.41. The van der Waals surface area contributed by atoms with Crippen LogP contribution in [0.5, 0.6) is 0 Å². The lowest BCUT2D eigenvalue weighted by Gasteiger charge is -2.43. The Hall–Kier alpha value is -0.300. The first-order valence-electron chi connectivity index (χ1n) is 5.86. The first kappa shape index (κ1) is 11.8. The fourth-order valence-electron chi connectivity index (χ4n) is 2.92. The van der Waals surface area contributed by atoms with Crippen molar-refractivity contribution in [2.75, 3.05) is 0 Å². The van der Waals surface area contributed by atoms with Crippen molar-refractivity contribution in [1.82, 2.24) is 0 Å². The Morgan fingerprint density at radius 3 is 2.50 bits per heavy atom. The van der Waals surface area contributed by atoms with Crippen molar-refractivity contribution in [2.24, 2.45) is 17.8 Å². The van der Waals surface area contributed by atoms with Crippen LogP contribution in [0.3, 0.4) is 0 Å². The van der Waals surface area contributed by atoms with E-state index in [0.29, 0.717) is 17.8 Å². The zero-order valence-electron chi connectivity index (χ0n) is 9.96. The van der Waals surface area contributed by atoms with Gasteiger partial charge in [-0.05, 0) is 37.5 Å². The van der Waals surface area contributed by atoms with E-state index >= 15 is 0 Å². The lowest BCUT2D eigenvalue weighted by molar-refractivity contribution is -0.0408. The third-order valence-electron chi connectivity index (χ3n) is 3.55. The third kappa shape index (κ3) is 2.38. The molecule has 0 radical (unpaired) electrons. The molecule has 1 nitrogen and oxygen atoms in total. The lowest BCUT2D eigenvalue weighted by Crippen LogP contribution is -2.43. The normalized spacial score (nSPS) is 39.6. The molecule has 0 amide bonds. The summed E-state index contributed by atoms with van der Waals surface area (Å²) in [6.45, 7) is 8.67. The summed E-state index contributed by atoms with van der Waals surface area (Å²) in [5, 5.41) is 10.6. The van der Waals surface area contributed by atoms with Gasteiger partial charge in [-0.3, -0.25) is 0 Å². The average molecular weight is 196 g/mol. The van der Waals surface area contributed by atoms with Gasteiger partial charge in [0.15, 0.2) is 0 Å². The summed E-state index contributed by atoms with van der Waals surface area (Å²) >= 11 is 0. The van der Waals surface area contributed by atoms with E-state index in [-0.39, 0.29) is 0 Å². The average Bonchev–Trinajstić information content (AvgIpc) is 2.02. The first-order chi connectivity index (χ1) is 6.49. The zero-order chi connectivity index (χ0) is 10.8. The summed E-state index contributed by atoms with van der Waals surface area (Å²) in [5.74, 6) is 1.67. The molecular weight excluding hydrogens is 172 g/mol. The van der Waals surface area contributed by atoms with Crippen molar-refractivity contribution in [3.63, 3.8) is 0 Å². The van der Waals surface area contributed by atoms with Gasteiger partial charge in [0.1, 0.15) is 0 Å². The van der Waals surface area contributed by atoms with Crippen LogP contribution in [0.2, 0.25) is 0 Å². The molecule has 14 heavy (non-hydrogen) atoms. The van der Waals surface area contributed by atoms with Crippen LogP contribution in [-0.2, 0) is 0 Å². The highest BCUT2D eigenvalue weighted by molar-refractivity contribution is 5.07. The predicted octanol–water partition coefficient (Wildman–Crippen LogP) is 3.39. The summed E-state index contributed by atoms with van der Waals surface area (Å²) in [7, 11) is 0. The van der Waals surface area contributed by atoms with Crippen molar-refractivity contribution in [1.29, 1.82) is 0 Å².